The Labute approximate surface area is 128 Å². The molecule has 3 rings (SSSR count). The van der Waals surface area contributed by atoms with Gasteiger partial charge in [-0.1, -0.05) is 0 Å². The first-order chi connectivity index (χ1) is 10.6. The highest BCUT2D eigenvalue weighted by Crippen LogP contribution is 2.34. The molecule has 2 aromatic carbocycles. The summed E-state index contributed by atoms with van der Waals surface area (Å²) in [7, 11) is 3.65. The van der Waals surface area contributed by atoms with Gasteiger partial charge in [-0.3, -0.25) is 0 Å². The third-order valence-electron chi connectivity index (χ3n) is 3.88. The topological polar surface area (TPSA) is 15.7 Å². The van der Waals surface area contributed by atoms with Gasteiger partial charge in [-0.05, 0) is 42.9 Å². The van der Waals surface area contributed by atoms with Crippen LogP contribution in [0.4, 0.5) is 20.2 Å². The molecular weight excluding hydrogens is 286 g/mol. The number of methoxy groups -OCH3 is 1. The second-order valence-corrected chi connectivity index (χ2v) is 5.51. The summed E-state index contributed by atoms with van der Waals surface area (Å²) in [6.45, 7) is 2.23. The lowest BCUT2D eigenvalue weighted by atomic mass is 10.1. The molecule has 1 aliphatic rings. The van der Waals surface area contributed by atoms with Crippen LogP contribution in [-0.2, 0) is 6.54 Å². The minimum atomic E-state index is -0.567. The molecule has 0 unspecified atom stereocenters. The molecule has 3 nitrogen and oxygen atoms in total. The third-order valence-corrected chi connectivity index (χ3v) is 3.88. The van der Waals surface area contributed by atoms with E-state index in [-0.39, 0.29) is 0 Å². The quantitative estimate of drug-likeness (QED) is 0.844. The number of anilines is 2. The number of benzene rings is 2. The molecule has 116 valence electrons. The number of ether oxygens (including phenoxy) is 1. The molecule has 1 heterocycles. The van der Waals surface area contributed by atoms with Crippen LogP contribution in [0.15, 0.2) is 36.4 Å². The molecule has 1 aliphatic heterocycles. The summed E-state index contributed by atoms with van der Waals surface area (Å²) in [5.74, 6) is -0.357. The predicted molar refractivity (Wildman–Crippen MR) is 82.7 cm³/mol. The van der Waals surface area contributed by atoms with Crippen LogP contribution in [0.5, 0.6) is 5.75 Å². The van der Waals surface area contributed by atoms with Gasteiger partial charge in [-0.25, -0.2) is 8.78 Å². The Balaban J connectivity index is 2.09. The van der Waals surface area contributed by atoms with Crippen LogP contribution in [0.1, 0.15) is 5.56 Å². The Morgan fingerprint density at radius 3 is 2.41 bits per heavy atom. The Morgan fingerprint density at radius 1 is 1.00 bits per heavy atom. The van der Waals surface area contributed by atoms with Gasteiger partial charge in [0, 0.05) is 37.1 Å². The summed E-state index contributed by atoms with van der Waals surface area (Å²) < 4.78 is 32.4. The number of hydrogen-bond donors (Lipinski definition) is 0. The van der Waals surface area contributed by atoms with E-state index in [2.05, 4.69) is 4.90 Å². The van der Waals surface area contributed by atoms with E-state index in [0.29, 0.717) is 12.2 Å². The fraction of sp³-hybridized carbons (Fsp3) is 0.294. The fourth-order valence-corrected chi connectivity index (χ4v) is 2.80. The molecule has 0 spiro atoms. The van der Waals surface area contributed by atoms with Crippen molar-refractivity contribution in [3.8, 4) is 5.75 Å². The number of rotatable bonds is 2. The molecule has 0 aromatic heterocycles. The van der Waals surface area contributed by atoms with Gasteiger partial charge >= 0.3 is 0 Å². The molecule has 0 radical (unpaired) electrons. The van der Waals surface area contributed by atoms with E-state index in [1.54, 1.807) is 7.11 Å². The monoisotopic (exact) mass is 304 g/mol. The lowest BCUT2D eigenvalue weighted by Gasteiger charge is -2.25. The Morgan fingerprint density at radius 2 is 1.73 bits per heavy atom. The minimum Gasteiger partial charge on any atom is -0.497 e. The van der Waals surface area contributed by atoms with Gasteiger partial charge in [0.25, 0.3) is 0 Å². The minimum absolute atomic E-state index is 0.527. The van der Waals surface area contributed by atoms with Crippen molar-refractivity contribution in [1.29, 1.82) is 0 Å². The summed E-state index contributed by atoms with van der Waals surface area (Å²) in [5.41, 5.74) is 2.55. The maximum atomic E-state index is 13.6. The highest BCUT2D eigenvalue weighted by atomic mass is 19.1. The zero-order valence-corrected chi connectivity index (χ0v) is 12.6. The standard InChI is InChI=1S/C17H18F2N2O/c1-20-5-6-21(15-9-13(18)8-14(19)10-15)17-4-3-16(22-2)7-12(17)11-20/h3-4,7-10H,5-6,11H2,1-2H3. The van der Waals surface area contributed by atoms with Crippen LogP contribution >= 0.6 is 0 Å². The van der Waals surface area contributed by atoms with E-state index in [4.69, 9.17) is 4.74 Å². The summed E-state index contributed by atoms with van der Waals surface area (Å²) in [5, 5.41) is 0. The second kappa shape index (κ2) is 5.93. The molecule has 2 aromatic rings. The smallest absolute Gasteiger partial charge is 0.128 e. The highest BCUT2D eigenvalue weighted by Gasteiger charge is 2.20. The molecule has 0 N–H and O–H groups in total. The fourth-order valence-electron chi connectivity index (χ4n) is 2.80. The van der Waals surface area contributed by atoms with Crippen LogP contribution < -0.4 is 9.64 Å². The molecule has 0 fully saturated rings. The number of halogens is 2. The van der Waals surface area contributed by atoms with E-state index in [1.165, 1.54) is 12.1 Å². The molecule has 5 heteroatoms. The maximum Gasteiger partial charge on any atom is 0.128 e. The summed E-state index contributed by atoms with van der Waals surface area (Å²) >= 11 is 0. The van der Waals surface area contributed by atoms with Crippen molar-refractivity contribution in [2.45, 2.75) is 6.54 Å². The first kappa shape index (κ1) is 14.8. The average Bonchev–Trinajstić information content (AvgIpc) is 2.63. The molecule has 0 saturated heterocycles. The number of nitrogens with zero attached hydrogens (tertiary/aromatic N) is 2. The van der Waals surface area contributed by atoms with Crippen molar-refractivity contribution in [3.05, 3.63) is 53.6 Å². The van der Waals surface area contributed by atoms with Gasteiger partial charge in [0.2, 0.25) is 0 Å². The van der Waals surface area contributed by atoms with E-state index in [0.717, 1.165) is 36.2 Å². The van der Waals surface area contributed by atoms with Gasteiger partial charge in [-0.15, -0.1) is 0 Å². The SMILES string of the molecule is COc1ccc2c(c1)CN(C)CCN2c1cc(F)cc(F)c1. The highest BCUT2D eigenvalue weighted by molar-refractivity contribution is 5.68. The zero-order valence-electron chi connectivity index (χ0n) is 12.6. The molecule has 0 aliphatic carbocycles. The van der Waals surface area contributed by atoms with Crippen LogP contribution in [0, 0.1) is 11.6 Å². The summed E-state index contributed by atoms with van der Waals surface area (Å²) in [6, 6.07) is 9.40. The third kappa shape index (κ3) is 2.90. The van der Waals surface area contributed by atoms with E-state index < -0.39 is 11.6 Å². The first-order valence-corrected chi connectivity index (χ1v) is 7.16. The molecule has 0 bridgehead atoms. The van der Waals surface area contributed by atoms with Gasteiger partial charge in [0.1, 0.15) is 17.4 Å². The number of fused-ring (bicyclic) bond motifs is 1. The van der Waals surface area contributed by atoms with Crippen LogP contribution in [-0.4, -0.2) is 32.1 Å². The largest absolute Gasteiger partial charge is 0.497 e. The number of hydrogen-bond acceptors (Lipinski definition) is 3. The summed E-state index contributed by atoms with van der Waals surface area (Å²) in [6.07, 6.45) is 0. The van der Waals surface area contributed by atoms with Gasteiger partial charge in [0.05, 0.1) is 7.11 Å². The molecule has 22 heavy (non-hydrogen) atoms. The van der Waals surface area contributed by atoms with Crippen LogP contribution in [0.2, 0.25) is 0 Å². The van der Waals surface area contributed by atoms with E-state index >= 15 is 0 Å². The Kier molecular flexibility index (Phi) is 3.98. The van der Waals surface area contributed by atoms with E-state index in [1.807, 2.05) is 30.1 Å². The molecule has 0 saturated carbocycles. The normalized spacial score (nSPS) is 15.4. The average molecular weight is 304 g/mol. The second-order valence-electron chi connectivity index (χ2n) is 5.51. The van der Waals surface area contributed by atoms with Gasteiger partial charge in [0.15, 0.2) is 0 Å². The lowest BCUT2D eigenvalue weighted by Crippen LogP contribution is -2.26. The number of likely N-dealkylation sites (N-methyl/N-ethyl adjacent to an activating group) is 1. The molecular formula is C17H18F2N2O. The van der Waals surface area contributed by atoms with E-state index in [9.17, 15) is 8.78 Å². The van der Waals surface area contributed by atoms with Gasteiger partial charge in [-0.2, -0.15) is 0 Å². The van der Waals surface area contributed by atoms with Crippen molar-refractivity contribution in [3.63, 3.8) is 0 Å². The van der Waals surface area contributed by atoms with Crippen molar-refractivity contribution < 1.29 is 13.5 Å². The maximum absolute atomic E-state index is 13.6. The van der Waals surface area contributed by atoms with Crippen LogP contribution in [0.3, 0.4) is 0 Å². The molecule has 0 amide bonds. The van der Waals surface area contributed by atoms with Gasteiger partial charge < -0.3 is 14.5 Å². The van der Waals surface area contributed by atoms with Crippen molar-refractivity contribution >= 4 is 11.4 Å². The van der Waals surface area contributed by atoms with Crippen molar-refractivity contribution in [2.24, 2.45) is 0 Å². The molecule has 0 atom stereocenters. The zero-order chi connectivity index (χ0) is 15.7. The first-order valence-electron chi connectivity index (χ1n) is 7.16. The summed E-state index contributed by atoms with van der Waals surface area (Å²) in [4.78, 5) is 4.12. The Bertz CT molecular complexity index is 670. The van der Waals surface area contributed by atoms with Crippen molar-refractivity contribution in [2.75, 3.05) is 32.1 Å². The Hall–Kier alpha value is -2.14. The predicted octanol–water partition coefficient (Wildman–Crippen LogP) is 3.56. The lowest BCUT2D eigenvalue weighted by molar-refractivity contribution is 0.342. The van der Waals surface area contributed by atoms with Crippen LogP contribution in [0.25, 0.3) is 0 Å². The van der Waals surface area contributed by atoms with Crippen molar-refractivity contribution in [1.82, 2.24) is 4.90 Å².